The number of benzene rings is 1. The highest BCUT2D eigenvalue weighted by Gasteiger charge is 2.07. The zero-order valence-corrected chi connectivity index (χ0v) is 8.86. The van der Waals surface area contributed by atoms with Crippen molar-refractivity contribution >= 4 is 15.9 Å². The Morgan fingerprint density at radius 3 is 2.93 bits per heavy atom. The lowest BCUT2D eigenvalue weighted by Crippen LogP contribution is -1.97. The highest BCUT2D eigenvalue weighted by atomic mass is 79.9. The Morgan fingerprint density at radius 1 is 1.43 bits per heavy atom. The van der Waals surface area contributed by atoms with Crippen molar-refractivity contribution in [3.05, 3.63) is 34.6 Å². The number of rotatable bonds is 2. The van der Waals surface area contributed by atoms with E-state index in [4.69, 9.17) is 10.3 Å². The maximum Gasteiger partial charge on any atom is 0.258 e. The van der Waals surface area contributed by atoms with E-state index in [2.05, 4.69) is 26.1 Å². The fourth-order valence-electron chi connectivity index (χ4n) is 1.08. The lowest BCUT2D eigenvalue weighted by molar-refractivity contribution is 0.423. The van der Waals surface area contributed by atoms with Gasteiger partial charge in [-0.15, -0.1) is 0 Å². The van der Waals surface area contributed by atoms with E-state index in [0.717, 1.165) is 10.0 Å². The number of hydrogen-bond donors (Lipinski definition) is 1. The van der Waals surface area contributed by atoms with Gasteiger partial charge in [-0.1, -0.05) is 27.2 Å². The summed E-state index contributed by atoms with van der Waals surface area (Å²) in [7, 11) is 0. The maximum absolute atomic E-state index is 5.38. The summed E-state index contributed by atoms with van der Waals surface area (Å²) in [6.45, 7) is 0.289. The molecule has 0 bridgehead atoms. The number of hydrogen-bond acceptors (Lipinski definition) is 4. The predicted molar refractivity (Wildman–Crippen MR) is 55.3 cm³/mol. The predicted octanol–water partition coefficient (Wildman–Crippen LogP) is 1.96. The number of halogens is 1. The van der Waals surface area contributed by atoms with E-state index < -0.39 is 0 Å². The Morgan fingerprint density at radius 2 is 2.29 bits per heavy atom. The molecule has 1 aromatic heterocycles. The van der Waals surface area contributed by atoms with Crippen LogP contribution in [0, 0.1) is 0 Å². The van der Waals surface area contributed by atoms with Crippen LogP contribution < -0.4 is 5.73 Å². The minimum Gasteiger partial charge on any atom is -0.334 e. The van der Waals surface area contributed by atoms with Gasteiger partial charge in [0.1, 0.15) is 0 Å². The molecule has 72 valence electrons. The molecule has 2 rings (SSSR count). The average Bonchev–Trinajstić information content (AvgIpc) is 2.66. The van der Waals surface area contributed by atoms with Crippen molar-refractivity contribution in [2.24, 2.45) is 5.73 Å². The first kappa shape index (κ1) is 9.36. The fourth-order valence-corrected chi connectivity index (χ4v) is 1.47. The van der Waals surface area contributed by atoms with E-state index in [1.165, 1.54) is 0 Å². The standard InChI is InChI=1S/C9H8BrN3O/c10-7-3-1-2-6(4-7)9-12-8(5-11)13-14-9/h1-4H,5,11H2. The highest BCUT2D eigenvalue weighted by Crippen LogP contribution is 2.20. The average molecular weight is 254 g/mol. The van der Waals surface area contributed by atoms with Crippen LogP contribution in [0.2, 0.25) is 0 Å². The Labute approximate surface area is 89.2 Å². The SMILES string of the molecule is NCc1noc(-c2cccc(Br)c2)n1. The zero-order valence-electron chi connectivity index (χ0n) is 7.27. The third-order valence-electron chi connectivity index (χ3n) is 1.72. The first-order chi connectivity index (χ1) is 6.79. The van der Waals surface area contributed by atoms with Gasteiger partial charge in [0, 0.05) is 10.0 Å². The van der Waals surface area contributed by atoms with Crippen LogP contribution in [-0.2, 0) is 6.54 Å². The lowest BCUT2D eigenvalue weighted by Gasteiger charge is -1.93. The minimum absolute atomic E-state index is 0.289. The molecule has 0 saturated heterocycles. The number of nitrogens with zero attached hydrogens (tertiary/aromatic N) is 2. The summed E-state index contributed by atoms with van der Waals surface area (Å²) in [6, 6.07) is 7.65. The molecule has 0 aliphatic rings. The summed E-state index contributed by atoms with van der Waals surface area (Å²) in [5, 5.41) is 3.71. The van der Waals surface area contributed by atoms with Crippen LogP contribution in [0.3, 0.4) is 0 Å². The molecule has 14 heavy (non-hydrogen) atoms. The van der Waals surface area contributed by atoms with Gasteiger partial charge in [-0.05, 0) is 18.2 Å². The summed E-state index contributed by atoms with van der Waals surface area (Å²) in [5.41, 5.74) is 6.26. The van der Waals surface area contributed by atoms with E-state index in [0.29, 0.717) is 11.7 Å². The second-order valence-corrected chi connectivity index (χ2v) is 3.65. The zero-order chi connectivity index (χ0) is 9.97. The molecular formula is C9H8BrN3O. The Kier molecular flexibility index (Phi) is 2.60. The summed E-state index contributed by atoms with van der Waals surface area (Å²) in [5.74, 6) is 1.01. The third-order valence-corrected chi connectivity index (χ3v) is 2.22. The molecular weight excluding hydrogens is 246 g/mol. The van der Waals surface area contributed by atoms with E-state index in [-0.39, 0.29) is 6.54 Å². The van der Waals surface area contributed by atoms with E-state index in [1.54, 1.807) is 0 Å². The van der Waals surface area contributed by atoms with Crippen molar-refractivity contribution in [3.8, 4) is 11.5 Å². The smallest absolute Gasteiger partial charge is 0.258 e. The Bertz CT molecular complexity index is 441. The van der Waals surface area contributed by atoms with Gasteiger partial charge >= 0.3 is 0 Å². The molecule has 1 aromatic carbocycles. The molecule has 0 radical (unpaired) electrons. The molecule has 0 atom stereocenters. The van der Waals surface area contributed by atoms with Gasteiger partial charge in [0.05, 0.1) is 6.54 Å². The number of nitrogens with two attached hydrogens (primary N) is 1. The summed E-state index contributed by atoms with van der Waals surface area (Å²) >= 11 is 3.37. The van der Waals surface area contributed by atoms with E-state index >= 15 is 0 Å². The second kappa shape index (κ2) is 3.89. The molecule has 0 spiro atoms. The van der Waals surface area contributed by atoms with Crippen molar-refractivity contribution in [2.45, 2.75) is 6.54 Å². The van der Waals surface area contributed by atoms with E-state index in [1.807, 2.05) is 24.3 Å². The topological polar surface area (TPSA) is 64.9 Å². The molecule has 0 aliphatic heterocycles. The monoisotopic (exact) mass is 253 g/mol. The molecule has 0 unspecified atom stereocenters. The minimum atomic E-state index is 0.289. The lowest BCUT2D eigenvalue weighted by atomic mass is 10.2. The first-order valence-electron chi connectivity index (χ1n) is 4.08. The van der Waals surface area contributed by atoms with Crippen molar-refractivity contribution in [3.63, 3.8) is 0 Å². The van der Waals surface area contributed by atoms with Crippen LogP contribution in [0.1, 0.15) is 5.82 Å². The van der Waals surface area contributed by atoms with Gasteiger partial charge in [0.25, 0.3) is 5.89 Å². The van der Waals surface area contributed by atoms with Gasteiger partial charge in [-0.2, -0.15) is 4.98 Å². The molecule has 5 heteroatoms. The highest BCUT2D eigenvalue weighted by molar-refractivity contribution is 9.10. The molecule has 0 saturated carbocycles. The van der Waals surface area contributed by atoms with Gasteiger partial charge in [-0.25, -0.2) is 0 Å². The molecule has 1 heterocycles. The van der Waals surface area contributed by atoms with Gasteiger partial charge in [-0.3, -0.25) is 0 Å². The third kappa shape index (κ3) is 1.83. The summed E-state index contributed by atoms with van der Waals surface area (Å²) in [6.07, 6.45) is 0. The molecule has 0 amide bonds. The van der Waals surface area contributed by atoms with Crippen molar-refractivity contribution in [2.75, 3.05) is 0 Å². The normalized spacial score (nSPS) is 10.4. The van der Waals surface area contributed by atoms with Crippen LogP contribution in [0.25, 0.3) is 11.5 Å². The largest absolute Gasteiger partial charge is 0.334 e. The first-order valence-corrected chi connectivity index (χ1v) is 4.87. The molecule has 0 aliphatic carbocycles. The van der Waals surface area contributed by atoms with Crippen LogP contribution in [0.15, 0.2) is 33.3 Å². The molecule has 2 aromatic rings. The van der Waals surface area contributed by atoms with Gasteiger partial charge in [0.15, 0.2) is 5.82 Å². The molecule has 4 nitrogen and oxygen atoms in total. The van der Waals surface area contributed by atoms with Gasteiger partial charge in [0.2, 0.25) is 0 Å². The van der Waals surface area contributed by atoms with Crippen molar-refractivity contribution in [1.82, 2.24) is 10.1 Å². The number of aromatic nitrogens is 2. The summed E-state index contributed by atoms with van der Waals surface area (Å²) in [4.78, 5) is 4.12. The Hall–Kier alpha value is -1.20. The molecule has 2 N–H and O–H groups in total. The summed E-state index contributed by atoms with van der Waals surface area (Å²) < 4.78 is 6.01. The van der Waals surface area contributed by atoms with Crippen LogP contribution in [0.5, 0.6) is 0 Å². The Balaban J connectivity index is 2.39. The molecule has 0 fully saturated rings. The second-order valence-electron chi connectivity index (χ2n) is 2.73. The quantitative estimate of drug-likeness (QED) is 0.889. The van der Waals surface area contributed by atoms with Crippen molar-refractivity contribution in [1.29, 1.82) is 0 Å². The van der Waals surface area contributed by atoms with E-state index in [9.17, 15) is 0 Å². The van der Waals surface area contributed by atoms with Gasteiger partial charge < -0.3 is 10.3 Å². The van der Waals surface area contributed by atoms with Crippen LogP contribution >= 0.6 is 15.9 Å². The van der Waals surface area contributed by atoms with Crippen molar-refractivity contribution < 1.29 is 4.52 Å². The maximum atomic E-state index is 5.38. The van der Waals surface area contributed by atoms with Crippen LogP contribution in [-0.4, -0.2) is 10.1 Å². The van der Waals surface area contributed by atoms with Crippen LogP contribution in [0.4, 0.5) is 0 Å². The fraction of sp³-hybridized carbons (Fsp3) is 0.111.